The van der Waals surface area contributed by atoms with Crippen molar-refractivity contribution in [2.75, 3.05) is 18.4 Å². The summed E-state index contributed by atoms with van der Waals surface area (Å²) in [5.41, 5.74) is 1.42. The van der Waals surface area contributed by atoms with E-state index in [-0.39, 0.29) is 17.4 Å². The van der Waals surface area contributed by atoms with Crippen LogP contribution < -0.4 is 10.1 Å². The van der Waals surface area contributed by atoms with Crippen molar-refractivity contribution in [3.8, 4) is 5.88 Å². The van der Waals surface area contributed by atoms with Crippen LogP contribution in [0.2, 0.25) is 0 Å². The number of benzene rings is 2. The Morgan fingerprint density at radius 3 is 2.45 bits per heavy atom. The van der Waals surface area contributed by atoms with Gasteiger partial charge in [0.25, 0.3) is 5.91 Å². The molecule has 170 valence electrons. The van der Waals surface area contributed by atoms with Crippen LogP contribution >= 0.6 is 0 Å². The number of nitrogens with one attached hydrogen (secondary N) is 1. The molecular weight excluding hydrogens is 428 g/mol. The van der Waals surface area contributed by atoms with Crippen molar-refractivity contribution < 1.29 is 23.1 Å². The number of hydrogen-bond donors (Lipinski definition) is 1. The van der Waals surface area contributed by atoms with E-state index in [2.05, 4.69) is 10.3 Å². The molecule has 6 nitrogen and oxygen atoms in total. The number of hydrogen-bond acceptors (Lipinski definition) is 4. The second-order valence-corrected chi connectivity index (χ2v) is 7.84. The summed E-state index contributed by atoms with van der Waals surface area (Å²) in [5, 5.41) is 2.84. The average molecular weight is 451 g/mol. The van der Waals surface area contributed by atoms with Gasteiger partial charge in [0, 0.05) is 31.1 Å². The minimum Gasteiger partial charge on any atom is -0.473 e. The molecule has 1 fully saturated rings. The van der Waals surface area contributed by atoms with Crippen molar-refractivity contribution in [1.82, 2.24) is 9.88 Å². The number of rotatable bonds is 6. The standard InChI is InChI=1S/C25H23F2N3O3/c26-19-6-8-21(22(27)14-19)25(32)30-12-10-18(11-13-30)24(31)29-20-7-9-23(28-15-20)33-16-17-4-2-1-3-5-17/h1-9,14-15,18H,10-13,16H2,(H,29,31). The quantitative estimate of drug-likeness (QED) is 0.602. The molecule has 33 heavy (non-hydrogen) atoms. The number of halogens is 2. The van der Waals surface area contributed by atoms with Crippen LogP contribution in [0.1, 0.15) is 28.8 Å². The van der Waals surface area contributed by atoms with E-state index in [9.17, 15) is 18.4 Å². The third-order valence-corrected chi connectivity index (χ3v) is 5.55. The molecule has 1 aliphatic heterocycles. The van der Waals surface area contributed by atoms with E-state index in [0.717, 1.165) is 17.7 Å². The fourth-order valence-electron chi connectivity index (χ4n) is 3.69. The van der Waals surface area contributed by atoms with E-state index in [0.29, 0.717) is 50.2 Å². The number of piperidine rings is 1. The zero-order chi connectivity index (χ0) is 23.2. The molecule has 0 bridgehead atoms. The number of carbonyl (C=O) groups is 2. The summed E-state index contributed by atoms with van der Waals surface area (Å²) < 4.78 is 32.6. The molecule has 2 heterocycles. The van der Waals surface area contributed by atoms with Crippen LogP contribution in [0.5, 0.6) is 5.88 Å². The van der Waals surface area contributed by atoms with Gasteiger partial charge in [0.05, 0.1) is 17.4 Å². The maximum Gasteiger partial charge on any atom is 0.256 e. The van der Waals surface area contributed by atoms with Crippen LogP contribution in [0.25, 0.3) is 0 Å². The Labute approximate surface area is 190 Å². The summed E-state index contributed by atoms with van der Waals surface area (Å²) in [5.74, 6) is -2.09. The normalized spacial score (nSPS) is 14.1. The molecule has 0 aliphatic carbocycles. The van der Waals surface area contributed by atoms with E-state index in [1.165, 1.54) is 11.1 Å². The average Bonchev–Trinajstić information content (AvgIpc) is 2.84. The molecule has 1 aromatic heterocycles. The first kappa shape index (κ1) is 22.4. The highest BCUT2D eigenvalue weighted by Crippen LogP contribution is 2.22. The van der Waals surface area contributed by atoms with E-state index in [1.54, 1.807) is 12.1 Å². The van der Waals surface area contributed by atoms with Crippen LogP contribution in [-0.4, -0.2) is 34.8 Å². The Morgan fingerprint density at radius 1 is 1.03 bits per heavy atom. The van der Waals surface area contributed by atoms with Crippen LogP contribution in [0.3, 0.4) is 0 Å². The zero-order valence-corrected chi connectivity index (χ0v) is 17.8. The molecule has 0 atom stereocenters. The summed E-state index contributed by atoms with van der Waals surface area (Å²) in [6.45, 7) is 1.04. The highest BCUT2D eigenvalue weighted by Gasteiger charge is 2.29. The molecule has 0 radical (unpaired) electrons. The molecule has 3 aromatic rings. The van der Waals surface area contributed by atoms with Crippen molar-refractivity contribution in [2.24, 2.45) is 5.92 Å². The smallest absolute Gasteiger partial charge is 0.256 e. The van der Waals surface area contributed by atoms with Crippen molar-refractivity contribution in [1.29, 1.82) is 0 Å². The minimum absolute atomic E-state index is 0.158. The van der Waals surface area contributed by atoms with Crippen LogP contribution in [0.15, 0.2) is 66.9 Å². The molecule has 1 N–H and O–H groups in total. The van der Waals surface area contributed by atoms with Gasteiger partial charge in [-0.3, -0.25) is 9.59 Å². The molecule has 2 amide bonds. The second-order valence-electron chi connectivity index (χ2n) is 7.84. The summed E-state index contributed by atoms with van der Waals surface area (Å²) in [6.07, 6.45) is 2.44. The van der Waals surface area contributed by atoms with E-state index < -0.39 is 17.5 Å². The number of nitrogens with zero attached hydrogens (tertiary/aromatic N) is 2. The Morgan fingerprint density at radius 2 is 1.79 bits per heavy atom. The van der Waals surface area contributed by atoms with Crippen molar-refractivity contribution in [2.45, 2.75) is 19.4 Å². The summed E-state index contributed by atoms with van der Waals surface area (Å²) >= 11 is 0. The Hall–Kier alpha value is -3.81. The molecule has 2 aromatic carbocycles. The SMILES string of the molecule is O=C(Nc1ccc(OCc2ccccc2)nc1)C1CCN(C(=O)c2ccc(F)cc2F)CC1. The highest BCUT2D eigenvalue weighted by atomic mass is 19.1. The second kappa shape index (κ2) is 10.2. The summed E-state index contributed by atoms with van der Waals surface area (Å²) in [4.78, 5) is 30.9. The lowest BCUT2D eigenvalue weighted by Gasteiger charge is -2.31. The molecule has 1 saturated heterocycles. The lowest BCUT2D eigenvalue weighted by molar-refractivity contribution is -0.121. The predicted octanol–water partition coefficient (Wildman–Crippen LogP) is 4.43. The molecule has 0 saturated carbocycles. The Bertz CT molecular complexity index is 1120. The molecule has 1 aliphatic rings. The van der Waals surface area contributed by atoms with Gasteiger partial charge in [0.1, 0.15) is 18.2 Å². The van der Waals surface area contributed by atoms with Gasteiger partial charge >= 0.3 is 0 Å². The first-order chi connectivity index (χ1) is 16.0. The largest absolute Gasteiger partial charge is 0.473 e. The van der Waals surface area contributed by atoms with E-state index in [1.807, 2.05) is 30.3 Å². The van der Waals surface area contributed by atoms with Gasteiger partial charge < -0.3 is 15.0 Å². The van der Waals surface area contributed by atoms with Crippen LogP contribution in [0.4, 0.5) is 14.5 Å². The van der Waals surface area contributed by atoms with Crippen molar-refractivity contribution in [3.05, 3.63) is 89.6 Å². The van der Waals surface area contributed by atoms with Gasteiger partial charge in [-0.05, 0) is 36.6 Å². The fraction of sp³-hybridized carbons (Fsp3) is 0.240. The summed E-state index contributed by atoms with van der Waals surface area (Å²) in [7, 11) is 0. The van der Waals surface area contributed by atoms with Gasteiger partial charge in [-0.1, -0.05) is 30.3 Å². The van der Waals surface area contributed by atoms with Gasteiger partial charge in [-0.25, -0.2) is 13.8 Å². The lowest BCUT2D eigenvalue weighted by atomic mass is 9.95. The number of carbonyl (C=O) groups excluding carboxylic acids is 2. The molecule has 8 heteroatoms. The van der Waals surface area contributed by atoms with Crippen LogP contribution in [0, 0.1) is 17.6 Å². The topological polar surface area (TPSA) is 71.5 Å². The Kier molecular flexibility index (Phi) is 6.92. The monoisotopic (exact) mass is 451 g/mol. The number of ether oxygens (including phenoxy) is 1. The van der Waals surface area contributed by atoms with E-state index in [4.69, 9.17) is 4.74 Å². The maximum atomic E-state index is 13.9. The van der Waals surface area contributed by atoms with Gasteiger partial charge in [-0.2, -0.15) is 0 Å². The third kappa shape index (κ3) is 5.71. The maximum absolute atomic E-state index is 13.9. The van der Waals surface area contributed by atoms with Gasteiger partial charge in [0.2, 0.25) is 11.8 Å². The molecule has 4 rings (SSSR count). The number of aromatic nitrogens is 1. The van der Waals surface area contributed by atoms with Crippen molar-refractivity contribution in [3.63, 3.8) is 0 Å². The first-order valence-corrected chi connectivity index (χ1v) is 10.7. The van der Waals surface area contributed by atoms with Gasteiger partial charge in [0.15, 0.2) is 0 Å². The fourth-order valence-corrected chi connectivity index (χ4v) is 3.69. The van der Waals surface area contributed by atoms with Crippen LogP contribution in [-0.2, 0) is 11.4 Å². The zero-order valence-electron chi connectivity index (χ0n) is 17.8. The summed E-state index contributed by atoms with van der Waals surface area (Å²) in [6, 6.07) is 16.0. The Balaban J connectivity index is 1.26. The lowest BCUT2D eigenvalue weighted by Crippen LogP contribution is -2.41. The molecule has 0 spiro atoms. The predicted molar refractivity (Wildman–Crippen MR) is 119 cm³/mol. The number of likely N-dealkylation sites (tertiary alicyclic amines) is 1. The van der Waals surface area contributed by atoms with E-state index >= 15 is 0 Å². The highest BCUT2D eigenvalue weighted by molar-refractivity contribution is 5.95. The first-order valence-electron chi connectivity index (χ1n) is 10.7. The number of amides is 2. The third-order valence-electron chi connectivity index (χ3n) is 5.55. The van der Waals surface area contributed by atoms with Gasteiger partial charge in [-0.15, -0.1) is 0 Å². The number of anilines is 1. The molecule has 0 unspecified atom stereocenters. The van der Waals surface area contributed by atoms with Crippen molar-refractivity contribution >= 4 is 17.5 Å². The minimum atomic E-state index is -0.886. The molecular formula is C25H23F2N3O3. The number of pyridine rings is 1.